The van der Waals surface area contributed by atoms with Gasteiger partial charge in [0.05, 0.1) is 11.5 Å². The molecule has 1 fully saturated rings. The standard InChI is InChI=1S/C18H30N2O2S.ClH/c1-4-6-15-14(5-2)11-16(23-15)17(21)20-12-18(13-22-3)7-9-19-10-8-18;/h11,19H,4-10,12-13H2,1-3H3,(H,20,21);1H. The molecule has 0 spiro atoms. The quantitative estimate of drug-likeness (QED) is 0.732. The third-order valence-electron chi connectivity index (χ3n) is 4.72. The number of carbonyl (C=O) groups is 1. The second-order valence-electron chi connectivity index (χ2n) is 6.53. The maximum absolute atomic E-state index is 12.6. The summed E-state index contributed by atoms with van der Waals surface area (Å²) in [5, 5.41) is 6.55. The molecule has 1 aromatic rings. The van der Waals surface area contributed by atoms with Gasteiger partial charge in [0.25, 0.3) is 5.91 Å². The Hall–Kier alpha value is -0.620. The highest BCUT2D eigenvalue weighted by Gasteiger charge is 2.32. The predicted molar refractivity (Wildman–Crippen MR) is 104 cm³/mol. The SMILES string of the molecule is CCCc1sc(C(=O)NCC2(COC)CCNCC2)cc1CC.Cl. The molecule has 1 saturated heterocycles. The maximum atomic E-state index is 12.6. The summed E-state index contributed by atoms with van der Waals surface area (Å²) >= 11 is 1.66. The summed E-state index contributed by atoms with van der Waals surface area (Å²) in [4.78, 5) is 14.8. The minimum absolute atomic E-state index is 0. The molecule has 0 bridgehead atoms. The van der Waals surface area contributed by atoms with Crippen molar-refractivity contribution in [3.05, 3.63) is 21.4 Å². The fraction of sp³-hybridized carbons (Fsp3) is 0.722. The highest BCUT2D eigenvalue weighted by Crippen LogP contribution is 2.29. The van der Waals surface area contributed by atoms with E-state index >= 15 is 0 Å². The van der Waals surface area contributed by atoms with E-state index in [0.717, 1.165) is 50.1 Å². The number of ether oxygens (including phenoxy) is 1. The van der Waals surface area contributed by atoms with Gasteiger partial charge >= 0.3 is 0 Å². The number of aryl methyl sites for hydroxylation is 2. The third-order valence-corrected chi connectivity index (χ3v) is 5.95. The van der Waals surface area contributed by atoms with Crippen LogP contribution in [-0.4, -0.2) is 39.3 Å². The monoisotopic (exact) mass is 374 g/mol. The van der Waals surface area contributed by atoms with Gasteiger partial charge < -0.3 is 15.4 Å². The molecule has 2 heterocycles. The normalized spacial score (nSPS) is 16.5. The van der Waals surface area contributed by atoms with Crippen LogP contribution in [0.25, 0.3) is 0 Å². The van der Waals surface area contributed by atoms with Crippen molar-refractivity contribution < 1.29 is 9.53 Å². The van der Waals surface area contributed by atoms with Gasteiger partial charge in [-0.3, -0.25) is 4.79 Å². The van der Waals surface area contributed by atoms with E-state index < -0.39 is 0 Å². The number of carbonyl (C=O) groups excluding carboxylic acids is 1. The van der Waals surface area contributed by atoms with Crippen LogP contribution in [0.3, 0.4) is 0 Å². The molecule has 1 amide bonds. The zero-order valence-electron chi connectivity index (χ0n) is 15.1. The summed E-state index contributed by atoms with van der Waals surface area (Å²) in [7, 11) is 1.75. The number of nitrogens with one attached hydrogen (secondary N) is 2. The third kappa shape index (κ3) is 5.45. The molecule has 4 nitrogen and oxygen atoms in total. The Labute approximate surface area is 156 Å². The Balaban J connectivity index is 0.00000288. The fourth-order valence-electron chi connectivity index (χ4n) is 3.31. The molecule has 1 aliphatic heterocycles. The zero-order valence-corrected chi connectivity index (χ0v) is 16.7. The molecule has 2 rings (SSSR count). The fourth-order valence-corrected chi connectivity index (χ4v) is 4.58. The molecular weight excluding hydrogens is 344 g/mol. The van der Waals surface area contributed by atoms with Crippen LogP contribution in [0.4, 0.5) is 0 Å². The molecular formula is C18H31ClN2O2S. The van der Waals surface area contributed by atoms with Gasteiger partial charge in [-0.1, -0.05) is 20.3 Å². The molecule has 24 heavy (non-hydrogen) atoms. The van der Waals surface area contributed by atoms with E-state index in [1.807, 2.05) is 0 Å². The van der Waals surface area contributed by atoms with E-state index in [1.54, 1.807) is 18.4 Å². The topological polar surface area (TPSA) is 50.4 Å². The molecule has 0 aliphatic carbocycles. The lowest BCUT2D eigenvalue weighted by atomic mass is 9.79. The van der Waals surface area contributed by atoms with Gasteiger partial charge in [0.1, 0.15) is 0 Å². The van der Waals surface area contributed by atoms with Gasteiger partial charge in [-0.05, 0) is 50.4 Å². The summed E-state index contributed by atoms with van der Waals surface area (Å²) in [5.74, 6) is 0.0704. The number of amides is 1. The van der Waals surface area contributed by atoms with E-state index in [9.17, 15) is 4.79 Å². The van der Waals surface area contributed by atoms with Gasteiger partial charge in [0.2, 0.25) is 0 Å². The molecule has 0 unspecified atom stereocenters. The number of methoxy groups -OCH3 is 1. The van der Waals surface area contributed by atoms with Crippen molar-refractivity contribution >= 4 is 29.7 Å². The number of halogens is 1. The second-order valence-corrected chi connectivity index (χ2v) is 7.67. The van der Waals surface area contributed by atoms with Crippen LogP contribution in [-0.2, 0) is 17.6 Å². The van der Waals surface area contributed by atoms with Crippen molar-refractivity contribution in [3.63, 3.8) is 0 Å². The molecule has 0 saturated carbocycles. The lowest BCUT2D eigenvalue weighted by Crippen LogP contribution is -2.47. The Bertz CT molecular complexity index is 508. The van der Waals surface area contributed by atoms with Crippen molar-refractivity contribution in [2.75, 3.05) is 33.4 Å². The van der Waals surface area contributed by atoms with Gasteiger partial charge in [0, 0.05) is 23.9 Å². The van der Waals surface area contributed by atoms with Crippen LogP contribution in [0.5, 0.6) is 0 Å². The molecule has 6 heteroatoms. The number of piperidine rings is 1. The minimum atomic E-state index is 0. The van der Waals surface area contributed by atoms with E-state index in [2.05, 4.69) is 30.5 Å². The molecule has 0 radical (unpaired) electrons. The average Bonchev–Trinajstić information content (AvgIpc) is 2.97. The van der Waals surface area contributed by atoms with E-state index in [0.29, 0.717) is 13.2 Å². The summed E-state index contributed by atoms with van der Waals surface area (Å²) in [5.41, 5.74) is 1.41. The first-order chi connectivity index (χ1) is 11.1. The Kier molecular flexibility index (Phi) is 9.27. The maximum Gasteiger partial charge on any atom is 0.261 e. The predicted octanol–water partition coefficient (Wildman–Crippen LogP) is 3.43. The van der Waals surface area contributed by atoms with Crippen molar-refractivity contribution in [1.82, 2.24) is 10.6 Å². The Morgan fingerprint density at radius 1 is 1.38 bits per heavy atom. The van der Waals surface area contributed by atoms with Crippen LogP contribution in [0.1, 0.15) is 53.2 Å². The highest BCUT2D eigenvalue weighted by atomic mass is 35.5. The van der Waals surface area contributed by atoms with Gasteiger partial charge in [-0.15, -0.1) is 23.7 Å². The van der Waals surface area contributed by atoms with Gasteiger partial charge in [0.15, 0.2) is 0 Å². The van der Waals surface area contributed by atoms with Crippen molar-refractivity contribution in [3.8, 4) is 0 Å². The van der Waals surface area contributed by atoms with Crippen LogP contribution < -0.4 is 10.6 Å². The first-order valence-corrected chi connectivity index (χ1v) is 9.55. The number of hydrogen-bond acceptors (Lipinski definition) is 4. The molecule has 0 atom stereocenters. The minimum Gasteiger partial charge on any atom is -0.384 e. The molecule has 2 N–H and O–H groups in total. The Morgan fingerprint density at radius 2 is 2.08 bits per heavy atom. The second kappa shape index (κ2) is 10.4. The lowest BCUT2D eigenvalue weighted by molar-refractivity contribution is 0.0512. The average molecular weight is 375 g/mol. The van der Waals surface area contributed by atoms with Crippen LogP contribution >= 0.6 is 23.7 Å². The zero-order chi connectivity index (χ0) is 16.7. The number of rotatable bonds is 8. The summed E-state index contributed by atoms with van der Waals surface area (Å²) in [6, 6.07) is 2.08. The van der Waals surface area contributed by atoms with Crippen LogP contribution in [0.2, 0.25) is 0 Å². The smallest absolute Gasteiger partial charge is 0.261 e. The lowest BCUT2D eigenvalue weighted by Gasteiger charge is -2.37. The summed E-state index contributed by atoms with van der Waals surface area (Å²) < 4.78 is 5.42. The van der Waals surface area contributed by atoms with E-state index in [1.165, 1.54) is 10.4 Å². The summed E-state index contributed by atoms with van der Waals surface area (Å²) in [6.45, 7) is 7.75. The molecule has 0 aromatic carbocycles. The summed E-state index contributed by atoms with van der Waals surface area (Å²) in [6.07, 6.45) is 5.29. The molecule has 1 aliphatic rings. The van der Waals surface area contributed by atoms with Crippen LogP contribution in [0.15, 0.2) is 6.07 Å². The number of hydrogen-bond donors (Lipinski definition) is 2. The van der Waals surface area contributed by atoms with Crippen molar-refractivity contribution in [2.24, 2.45) is 5.41 Å². The Morgan fingerprint density at radius 3 is 2.67 bits per heavy atom. The van der Waals surface area contributed by atoms with Crippen LogP contribution in [0, 0.1) is 5.41 Å². The van der Waals surface area contributed by atoms with E-state index in [4.69, 9.17) is 4.74 Å². The number of thiophene rings is 1. The first kappa shape index (κ1) is 21.4. The van der Waals surface area contributed by atoms with Gasteiger partial charge in [-0.25, -0.2) is 0 Å². The van der Waals surface area contributed by atoms with Gasteiger partial charge in [-0.2, -0.15) is 0 Å². The van der Waals surface area contributed by atoms with E-state index in [-0.39, 0.29) is 23.7 Å². The van der Waals surface area contributed by atoms with Crippen molar-refractivity contribution in [1.29, 1.82) is 0 Å². The molecule has 1 aromatic heterocycles. The van der Waals surface area contributed by atoms with Crippen molar-refractivity contribution in [2.45, 2.75) is 46.0 Å². The first-order valence-electron chi connectivity index (χ1n) is 8.73. The molecule has 138 valence electrons. The largest absolute Gasteiger partial charge is 0.384 e. The highest BCUT2D eigenvalue weighted by molar-refractivity contribution is 7.14.